The van der Waals surface area contributed by atoms with Crippen LogP contribution in [0.2, 0.25) is 0 Å². The number of hydrogen-bond donors (Lipinski definition) is 1. The van der Waals surface area contributed by atoms with Crippen LogP contribution in [0.5, 0.6) is 0 Å². The van der Waals surface area contributed by atoms with Crippen LogP contribution in [0.1, 0.15) is 40.5 Å². The lowest BCUT2D eigenvalue weighted by molar-refractivity contribution is -0.132. The van der Waals surface area contributed by atoms with Crippen molar-refractivity contribution in [1.29, 1.82) is 0 Å². The fourth-order valence-corrected chi connectivity index (χ4v) is 1.64. The highest BCUT2D eigenvalue weighted by Crippen LogP contribution is 2.16. The molecule has 0 spiro atoms. The van der Waals surface area contributed by atoms with Crippen molar-refractivity contribution in [3.8, 4) is 0 Å². The van der Waals surface area contributed by atoms with Crippen molar-refractivity contribution < 1.29 is 9.90 Å². The number of carbonyl (C=O) groups is 1. The Morgan fingerprint density at radius 1 is 1.33 bits per heavy atom. The van der Waals surface area contributed by atoms with Gasteiger partial charge in [0, 0.05) is 0 Å². The standard InChI is InChI=1S/C13H22O2/c1-5-6-12(13(14)15)8-7-11(4)9-10(2)3/h5-6,8,10-11H,7,9H2,1-4H3,(H,14,15)/b6-5-,12-8+. The number of aliphatic carboxylic acids is 1. The molecule has 1 N–H and O–H groups in total. The van der Waals surface area contributed by atoms with E-state index in [1.54, 1.807) is 12.2 Å². The minimum absolute atomic E-state index is 0.396. The molecule has 0 amide bonds. The van der Waals surface area contributed by atoms with Gasteiger partial charge in [0.1, 0.15) is 0 Å². The van der Waals surface area contributed by atoms with E-state index in [4.69, 9.17) is 5.11 Å². The van der Waals surface area contributed by atoms with Gasteiger partial charge in [0.25, 0.3) is 0 Å². The van der Waals surface area contributed by atoms with Gasteiger partial charge >= 0.3 is 5.97 Å². The third-order valence-corrected chi connectivity index (χ3v) is 2.21. The molecule has 86 valence electrons. The number of carboxylic acid groups (broad SMARTS) is 1. The molecule has 0 aromatic carbocycles. The molecule has 0 saturated heterocycles. The Bertz CT molecular complexity index is 249. The molecule has 0 aromatic rings. The fraction of sp³-hybridized carbons (Fsp3) is 0.615. The van der Waals surface area contributed by atoms with Crippen LogP contribution in [0.15, 0.2) is 23.8 Å². The first-order valence-electron chi connectivity index (χ1n) is 5.53. The summed E-state index contributed by atoms with van der Waals surface area (Å²) >= 11 is 0. The Labute approximate surface area is 92.7 Å². The maximum absolute atomic E-state index is 10.8. The molecule has 0 aliphatic heterocycles. The number of carboxylic acids is 1. The van der Waals surface area contributed by atoms with E-state index in [0.717, 1.165) is 12.8 Å². The average Bonchev–Trinajstić information content (AvgIpc) is 2.10. The summed E-state index contributed by atoms with van der Waals surface area (Å²) in [6.45, 7) is 8.36. The van der Waals surface area contributed by atoms with Gasteiger partial charge in [-0.15, -0.1) is 0 Å². The molecule has 2 nitrogen and oxygen atoms in total. The second-order valence-corrected chi connectivity index (χ2v) is 4.44. The predicted molar refractivity (Wildman–Crippen MR) is 63.8 cm³/mol. The second kappa shape index (κ2) is 7.27. The zero-order chi connectivity index (χ0) is 11.8. The van der Waals surface area contributed by atoms with Crippen molar-refractivity contribution in [2.75, 3.05) is 0 Å². The van der Waals surface area contributed by atoms with E-state index < -0.39 is 5.97 Å². The van der Waals surface area contributed by atoms with Crippen LogP contribution in [0.3, 0.4) is 0 Å². The number of hydrogen-bond acceptors (Lipinski definition) is 1. The Morgan fingerprint density at radius 2 is 1.93 bits per heavy atom. The van der Waals surface area contributed by atoms with Gasteiger partial charge in [-0.1, -0.05) is 39.0 Å². The van der Waals surface area contributed by atoms with Crippen molar-refractivity contribution in [2.45, 2.75) is 40.5 Å². The molecule has 15 heavy (non-hydrogen) atoms. The molecule has 1 unspecified atom stereocenters. The van der Waals surface area contributed by atoms with Crippen molar-refractivity contribution in [2.24, 2.45) is 11.8 Å². The monoisotopic (exact) mass is 210 g/mol. The highest BCUT2D eigenvalue weighted by atomic mass is 16.4. The second-order valence-electron chi connectivity index (χ2n) is 4.44. The summed E-state index contributed by atoms with van der Waals surface area (Å²) in [6, 6.07) is 0. The van der Waals surface area contributed by atoms with Crippen molar-refractivity contribution >= 4 is 5.97 Å². The van der Waals surface area contributed by atoms with Gasteiger partial charge in [0.2, 0.25) is 0 Å². The summed E-state index contributed by atoms with van der Waals surface area (Å²) < 4.78 is 0. The molecule has 0 bridgehead atoms. The van der Waals surface area contributed by atoms with Gasteiger partial charge in [0.15, 0.2) is 0 Å². The molecule has 0 aromatic heterocycles. The quantitative estimate of drug-likeness (QED) is 0.536. The largest absolute Gasteiger partial charge is 0.478 e. The lowest BCUT2D eigenvalue weighted by Crippen LogP contribution is -2.02. The van der Waals surface area contributed by atoms with E-state index in [9.17, 15) is 4.79 Å². The van der Waals surface area contributed by atoms with Gasteiger partial charge in [-0.2, -0.15) is 0 Å². The van der Waals surface area contributed by atoms with Crippen LogP contribution >= 0.6 is 0 Å². The maximum atomic E-state index is 10.8. The van der Waals surface area contributed by atoms with Crippen LogP contribution < -0.4 is 0 Å². The topological polar surface area (TPSA) is 37.3 Å². The average molecular weight is 210 g/mol. The van der Waals surface area contributed by atoms with Crippen LogP contribution in [0, 0.1) is 11.8 Å². The van der Waals surface area contributed by atoms with Crippen LogP contribution in [-0.4, -0.2) is 11.1 Å². The van der Waals surface area contributed by atoms with Gasteiger partial charge in [-0.25, -0.2) is 4.79 Å². The fourth-order valence-electron chi connectivity index (χ4n) is 1.64. The molecule has 0 rings (SSSR count). The van der Waals surface area contributed by atoms with E-state index in [1.807, 2.05) is 13.0 Å². The molecule has 0 saturated carbocycles. The highest BCUT2D eigenvalue weighted by Gasteiger charge is 2.06. The maximum Gasteiger partial charge on any atom is 0.335 e. The van der Waals surface area contributed by atoms with Crippen LogP contribution in [0.25, 0.3) is 0 Å². The van der Waals surface area contributed by atoms with Gasteiger partial charge in [-0.3, -0.25) is 0 Å². The molecular weight excluding hydrogens is 188 g/mol. The summed E-state index contributed by atoms with van der Waals surface area (Å²) in [7, 11) is 0. The zero-order valence-corrected chi connectivity index (χ0v) is 10.2. The lowest BCUT2D eigenvalue weighted by atomic mass is 9.95. The minimum Gasteiger partial charge on any atom is -0.478 e. The van der Waals surface area contributed by atoms with Crippen molar-refractivity contribution in [1.82, 2.24) is 0 Å². The lowest BCUT2D eigenvalue weighted by Gasteiger charge is -2.11. The molecule has 1 atom stereocenters. The molecule has 0 aliphatic rings. The van der Waals surface area contributed by atoms with Gasteiger partial charge in [0.05, 0.1) is 5.57 Å². The molecule has 0 fully saturated rings. The first-order chi connectivity index (χ1) is 6.97. The smallest absolute Gasteiger partial charge is 0.335 e. The zero-order valence-electron chi connectivity index (χ0n) is 10.2. The minimum atomic E-state index is -0.843. The summed E-state index contributed by atoms with van der Waals surface area (Å²) in [6.07, 6.45) is 7.19. The first-order valence-corrected chi connectivity index (χ1v) is 5.53. The third kappa shape index (κ3) is 6.95. The summed E-state index contributed by atoms with van der Waals surface area (Å²) in [5.74, 6) is 0.373. The Morgan fingerprint density at radius 3 is 2.33 bits per heavy atom. The van der Waals surface area contributed by atoms with Crippen LogP contribution in [0.4, 0.5) is 0 Å². The normalized spacial score (nSPS) is 14.9. The van der Waals surface area contributed by atoms with E-state index in [2.05, 4.69) is 20.8 Å². The SMILES string of the molecule is C/C=C\C(=C/CC(C)CC(C)C)C(=O)O. The number of rotatable bonds is 6. The summed E-state index contributed by atoms with van der Waals surface area (Å²) in [5.41, 5.74) is 0.396. The first kappa shape index (κ1) is 13.9. The van der Waals surface area contributed by atoms with Crippen molar-refractivity contribution in [3.05, 3.63) is 23.8 Å². The Balaban J connectivity index is 4.27. The van der Waals surface area contributed by atoms with Gasteiger partial charge in [-0.05, 0) is 31.6 Å². The highest BCUT2D eigenvalue weighted by molar-refractivity contribution is 5.89. The summed E-state index contributed by atoms with van der Waals surface area (Å²) in [4.78, 5) is 10.8. The molecule has 0 radical (unpaired) electrons. The third-order valence-electron chi connectivity index (χ3n) is 2.21. The Kier molecular flexibility index (Phi) is 6.76. The van der Waals surface area contributed by atoms with E-state index in [1.165, 1.54) is 0 Å². The van der Waals surface area contributed by atoms with E-state index >= 15 is 0 Å². The molecular formula is C13H22O2. The van der Waals surface area contributed by atoms with Crippen LogP contribution in [-0.2, 0) is 4.79 Å². The summed E-state index contributed by atoms with van der Waals surface area (Å²) in [5, 5.41) is 8.88. The van der Waals surface area contributed by atoms with Gasteiger partial charge < -0.3 is 5.11 Å². The molecule has 0 heterocycles. The molecule has 2 heteroatoms. The van der Waals surface area contributed by atoms with E-state index in [-0.39, 0.29) is 0 Å². The Hall–Kier alpha value is -1.05. The van der Waals surface area contributed by atoms with E-state index in [0.29, 0.717) is 17.4 Å². The van der Waals surface area contributed by atoms with Crippen molar-refractivity contribution in [3.63, 3.8) is 0 Å². The molecule has 0 aliphatic carbocycles. The predicted octanol–water partition coefficient (Wildman–Crippen LogP) is 3.65. The number of allylic oxidation sites excluding steroid dienone is 2.